The molecule has 0 bridgehead atoms. The Hall–Kier alpha value is -1.85. The van der Waals surface area contributed by atoms with Crippen molar-refractivity contribution in [1.29, 1.82) is 0 Å². The van der Waals surface area contributed by atoms with Crippen molar-refractivity contribution in [3.05, 3.63) is 62.6 Å². The van der Waals surface area contributed by atoms with Gasteiger partial charge in [-0.2, -0.15) is 13.2 Å². The van der Waals surface area contributed by atoms with Gasteiger partial charge in [0.2, 0.25) is 0 Å². The summed E-state index contributed by atoms with van der Waals surface area (Å²) < 4.78 is 66.4. The lowest BCUT2D eigenvalue weighted by Gasteiger charge is -2.23. The van der Waals surface area contributed by atoms with Crippen LogP contribution in [-0.4, -0.2) is 43.6 Å². The van der Waals surface area contributed by atoms with Crippen molar-refractivity contribution < 1.29 is 26.4 Å². The van der Waals surface area contributed by atoms with Crippen molar-refractivity contribution in [3.63, 3.8) is 0 Å². The van der Waals surface area contributed by atoms with Gasteiger partial charge < -0.3 is 11.1 Å². The van der Waals surface area contributed by atoms with Gasteiger partial charge in [0, 0.05) is 47.3 Å². The molecule has 12 heteroatoms. The van der Waals surface area contributed by atoms with Gasteiger partial charge in [-0.05, 0) is 54.8 Å². The number of benzene rings is 2. The van der Waals surface area contributed by atoms with Crippen molar-refractivity contribution in [2.75, 3.05) is 18.8 Å². The molecule has 1 aliphatic heterocycles. The Kier molecular flexibility index (Phi) is 8.13. The minimum Gasteiger partial charge on any atom is -0.348 e. The molecule has 1 atom stereocenters. The lowest BCUT2D eigenvalue weighted by atomic mass is 10.0. The predicted octanol–water partition coefficient (Wildman–Crippen LogP) is 4.66. The summed E-state index contributed by atoms with van der Waals surface area (Å²) in [5.41, 5.74) is 4.40. The molecule has 0 spiro atoms. The van der Waals surface area contributed by atoms with Gasteiger partial charge in [-0.15, -0.1) is 0 Å². The molecule has 1 fully saturated rings. The fraction of sp³-hybridized carbons (Fsp3) is 0.435. The van der Waals surface area contributed by atoms with E-state index in [4.69, 9.17) is 28.9 Å². The summed E-state index contributed by atoms with van der Waals surface area (Å²) in [6.07, 6.45) is -4.10. The highest BCUT2D eigenvalue weighted by Gasteiger charge is 2.37. The van der Waals surface area contributed by atoms with E-state index < -0.39 is 33.0 Å². The maximum Gasteiger partial charge on any atom is 0.416 e. The molecule has 6 nitrogen and oxygen atoms in total. The van der Waals surface area contributed by atoms with Crippen LogP contribution >= 0.6 is 23.2 Å². The summed E-state index contributed by atoms with van der Waals surface area (Å²) in [4.78, 5) is 14.5. The van der Waals surface area contributed by atoms with Crippen molar-refractivity contribution >= 4 is 38.9 Å². The third-order valence-electron chi connectivity index (χ3n) is 5.91. The molecule has 1 amide bonds. The second-order valence-corrected chi connectivity index (χ2v) is 12.0. The molecule has 0 aliphatic carbocycles. The fourth-order valence-electron chi connectivity index (χ4n) is 4.04. The van der Waals surface area contributed by atoms with Crippen LogP contribution in [0.4, 0.5) is 13.2 Å². The minimum atomic E-state index is -4.74. The lowest BCUT2D eigenvalue weighted by Crippen LogP contribution is -2.39. The molecular formula is C23H26Cl2F3N3O3S. The van der Waals surface area contributed by atoms with Crippen LogP contribution in [0, 0.1) is 0 Å². The van der Waals surface area contributed by atoms with E-state index in [0.29, 0.717) is 19.5 Å². The molecule has 3 N–H and O–H groups in total. The van der Waals surface area contributed by atoms with Crippen LogP contribution in [0.1, 0.15) is 47.3 Å². The number of hydrogen-bond donors (Lipinski definition) is 2. The number of nitrogens with one attached hydrogen (secondary N) is 1. The van der Waals surface area contributed by atoms with Crippen LogP contribution in [0.15, 0.2) is 35.2 Å². The summed E-state index contributed by atoms with van der Waals surface area (Å²) >= 11 is 12.2. The average molecular weight is 552 g/mol. The average Bonchev–Trinajstić information content (AvgIpc) is 3.10. The smallest absolute Gasteiger partial charge is 0.348 e. The van der Waals surface area contributed by atoms with Gasteiger partial charge in [0.15, 0.2) is 9.84 Å². The molecule has 0 aromatic heterocycles. The standard InChI is InChI=1S/C23H26Cl2F3N3O3S/c1-3-35(33,34)20-5-4-16(24)8-15(20)11-30-21(32)14-9-18(23(26,27)28)17(19(25)10-14)12-31-7-6-22(2,29)13-31/h4-5,8-10H,3,6-7,11-13,29H2,1-2H3,(H,30,32)/t22-/m1/s1. The first-order chi connectivity index (χ1) is 16.1. The maximum atomic E-state index is 13.9. The molecule has 0 unspecified atom stereocenters. The molecule has 1 aliphatic rings. The lowest BCUT2D eigenvalue weighted by molar-refractivity contribution is -0.138. The zero-order valence-electron chi connectivity index (χ0n) is 19.2. The van der Waals surface area contributed by atoms with Crippen molar-refractivity contribution in [2.45, 2.75) is 50.0 Å². The Morgan fingerprint density at radius 2 is 1.91 bits per heavy atom. The number of sulfone groups is 1. The van der Waals surface area contributed by atoms with Gasteiger partial charge in [0.05, 0.1) is 16.2 Å². The highest BCUT2D eigenvalue weighted by Crippen LogP contribution is 2.37. The number of nitrogens with zero attached hydrogens (tertiary/aromatic N) is 1. The fourth-order valence-corrected chi connectivity index (χ4v) is 5.64. The van der Waals surface area contributed by atoms with Crippen LogP contribution < -0.4 is 11.1 Å². The number of halogens is 5. The minimum absolute atomic E-state index is 0.00780. The van der Waals surface area contributed by atoms with Crippen molar-refractivity contribution in [1.82, 2.24) is 10.2 Å². The summed E-state index contributed by atoms with van der Waals surface area (Å²) in [6.45, 7) is 3.96. The van der Waals surface area contributed by atoms with Crippen LogP contribution in [0.25, 0.3) is 0 Å². The zero-order valence-corrected chi connectivity index (χ0v) is 21.5. The van der Waals surface area contributed by atoms with Crippen LogP contribution in [0.3, 0.4) is 0 Å². The van der Waals surface area contributed by atoms with Crippen LogP contribution in [0.2, 0.25) is 10.0 Å². The van der Waals surface area contributed by atoms with Crippen LogP contribution in [-0.2, 0) is 29.1 Å². The Bertz CT molecular complexity index is 1230. The largest absolute Gasteiger partial charge is 0.416 e. The molecule has 35 heavy (non-hydrogen) atoms. The number of amides is 1. The van der Waals surface area contributed by atoms with E-state index in [0.717, 1.165) is 6.07 Å². The van der Waals surface area contributed by atoms with Crippen molar-refractivity contribution in [2.24, 2.45) is 5.73 Å². The summed E-state index contributed by atoms with van der Waals surface area (Å²) in [5, 5.41) is 2.54. The summed E-state index contributed by atoms with van der Waals surface area (Å²) in [5.74, 6) is -0.999. The van der Waals surface area contributed by atoms with Crippen molar-refractivity contribution in [3.8, 4) is 0 Å². The van der Waals surface area contributed by atoms with Gasteiger partial charge >= 0.3 is 6.18 Å². The number of carbonyl (C=O) groups is 1. The van der Waals surface area contributed by atoms with E-state index in [1.807, 2.05) is 6.92 Å². The van der Waals surface area contributed by atoms with Gasteiger partial charge in [-0.25, -0.2) is 8.42 Å². The maximum absolute atomic E-state index is 13.9. The number of rotatable bonds is 7. The molecule has 2 aromatic carbocycles. The third-order valence-corrected chi connectivity index (χ3v) is 8.31. The van der Waals surface area contributed by atoms with E-state index in [2.05, 4.69) is 5.32 Å². The zero-order chi connectivity index (χ0) is 26.2. The van der Waals surface area contributed by atoms with Gasteiger partial charge in [0.25, 0.3) is 5.91 Å². The first kappa shape index (κ1) is 27.7. The second-order valence-electron chi connectivity index (χ2n) is 8.93. The molecule has 192 valence electrons. The second kappa shape index (κ2) is 10.3. The van der Waals surface area contributed by atoms with E-state index in [-0.39, 0.29) is 50.5 Å². The number of carbonyl (C=O) groups excluding carboxylic acids is 1. The first-order valence-electron chi connectivity index (χ1n) is 10.8. The summed E-state index contributed by atoms with van der Waals surface area (Å²) in [7, 11) is -3.61. The molecular weight excluding hydrogens is 526 g/mol. The number of alkyl halides is 3. The molecule has 3 rings (SSSR count). The Labute approximate surface area is 212 Å². The molecule has 2 aromatic rings. The van der Waals surface area contributed by atoms with E-state index >= 15 is 0 Å². The van der Waals surface area contributed by atoms with Gasteiger partial charge in [0.1, 0.15) is 0 Å². The number of nitrogens with two attached hydrogens (primary N) is 1. The number of hydrogen-bond acceptors (Lipinski definition) is 5. The SMILES string of the molecule is CCS(=O)(=O)c1ccc(Cl)cc1CNC(=O)c1cc(Cl)c(CN2CC[C@@](C)(N)C2)c(C(F)(F)F)c1. The van der Waals surface area contributed by atoms with E-state index in [1.165, 1.54) is 31.2 Å². The van der Waals surface area contributed by atoms with E-state index in [9.17, 15) is 26.4 Å². The Balaban J connectivity index is 1.88. The van der Waals surface area contributed by atoms with Gasteiger partial charge in [-0.1, -0.05) is 30.1 Å². The summed E-state index contributed by atoms with van der Waals surface area (Å²) in [6, 6.07) is 6.08. The predicted molar refractivity (Wildman–Crippen MR) is 129 cm³/mol. The third kappa shape index (κ3) is 6.68. The molecule has 1 heterocycles. The quantitative estimate of drug-likeness (QED) is 0.522. The molecule has 0 saturated carbocycles. The monoisotopic (exact) mass is 551 g/mol. The molecule has 0 radical (unpaired) electrons. The number of likely N-dealkylation sites (tertiary alicyclic amines) is 1. The normalized spacial score (nSPS) is 19.2. The Morgan fingerprint density at radius 3 is 2.49 bits per heavy atom. The molecule has 1 saturated heterocycles. The Morgan fingerprint density at radius 1 is 1.23 bits per heavy atom. The van der Waals surface area contributed by atoms with Crippen LogP contribution in [0.5, 0.6) is 0 Å². The highest BCUT2D eigenvalue weighted by molar-refractivity contribution is 7.91. The van der Waals surface area contributed by atoms with Gasteiger partial charge in [-0.3, -0.25) is 9.69 Å². The first-order valence-corrected chi connectivity index (χ1v) is 13.2. The van der Waals surface area contributed by atoms with E-state index in [1.54, 1.807) is 4.90 Å². The topological polar surface area (TPSA) is 92.5 Å². The highest BCUT2D eigenvalue weighted by atomic mass is 35.5.